The first-order valence-electron chi connectivity index (χ1n) is 7.89. The van der Waals surface area contributed by atoms with Crippen LogP contribution in [0.5, 0.6) is 0 Å². The van der Waals surface area contributed by atoms with Crippen molar-refractivity contribution in [1.82, 2.24) is 19.4 Å². The smallest absolute Gasteiger partial charge is 0.220 e. The van der Waals surface area contributed by atoms with Gasteiger partial charge < -0.3 is 5.73 Å². The standard InChI is InChI=1S/C19H14FN5O/c1-11-8-13(2-3-14(11)20)17-18(15-4-6-22-19(21)23-15)25-7-5-12(10-26)9-16(25)24-17/h2-10H,1H3,(H2,21,22,23). The van der Waals surface area contributed by atoms with Crippen LogP contribution in [0.15, 0.2) is 48.8 Å². The minimum absolute atomic E-state index is 0.142. The zero-order valence-corrected chi connectivity index (χ0v) is 13.8. The van der Waals surface area contributed by atoms with Crippen LogP contribution in [0.25, 0.3) is 28.3 Å². The maximum Gasteiger partial charge on any atom is 0.220 e. The van der Waals surface area contributed by atoms with Crippen molar-refractivity contribution in [3.8, 4) is 22.6 Å². The number of hydrogen-bond acceptors (Lipinski definition) is 5. The van der Waals surface area contributed by atoms with Gasteiger partial charge in [-0.25, -0.2) is 19.3 Å². The van der Waals surface area contributed by atoms with Crippen molar-refractivity contribution in [2.45, 2.75) is 6.92 Å². The number of nitrogens with two attached hydrogens (primary N) is 1. The Bertz CT molecular complexity index is 1150. The van der Waals surface area contributed by atoms with E-state index in [2.05, 4.69) is 15.0 Å². The van der Waals surface area contributed by atoms with Gasteiger partial charge in [0.25, 0.3) is 0 Å². The number of carbonyl (C=O) groups is 1. The highest BCUT2D eigenvalue weighted by molar-refractivity contribution is 5.83. The normalized spacial score (nSPS) is 11.0. The first kappa shape index (κ1) is 15.9. The number of aromatic nitrogens is 4. The summed E-state index contributed by atoms with van der Waals surface area (Å²) in [6.45, 7) is 1.70. The number of aryl methyl sites for hydroxylation is 1. The molecule has 0 fully saturated rings. The number of pyridine rings is 1. The summed E-state index contributed by atoms with van der Waals surface area (Å²) in [5.41, 5.74) is 9.99. The van der Waals surface area contributed by atoms with Gasteiger partial charge in [0.05, 0.1) is 17.1 Å². The summed E-state index contributed by atoms with van der Waals surface area (Å²) in [6, 6.07) is 9.90. The molecule has 2 N–H and O–H groups in total. The third-order valence-corrected chi connectivity index (χ3v) is 4.13. The quantitative estimate of drug-likeness (QED) is 0.575. The van der Waals surface area contributed by atoms with Gasteiger partial charge in [0.15, 0.2) is 0 Å². The largest absolute Gasteiger partial charge is 0.368 e. The first-order chi connectivity index (χ1) is 12.6. The van der Waals surface area contributed by atoms with Gasteiger partial charge >= 0.3 is 0 Å². The third-order valence-electron chi connectivity index (χ3n) is 4.13. The van der Waals surface area contributed by atoms with Gasteiger partial charge in [-0.3, -0.25) is 9.20 Å². The van der Waals surface area contributed by atoms with Crippen molar-refractivity contribution in [2.75, 3.05) is 5.73 Å². The minimum atomic E-state index is -0.284. The summed E-state index contributed by atoms with van der Waals surface area (Å²) in [7, 11) is 0. The Kier molecular flexibility index (Phi) is 3.69. The van der Waals surface area contributed by atoms with Crippen molar-refractivity contribution in [3.05, 3.63) is 65.7 Å². The molecule has 4 rings (SSSR count). The van der Waals surface area contributed by atoms with Crippen molar-refractivity contribution < 1.29 is 9.18 Å². The number of nitrogens with zero attached hydrogens (tertiary/aromatic N) is 4. The number of benzene rings is 1. The summed E-state index contributed by atoms with van der Waals surface area (Å²) >= 11 is 0. The minimum Gasteiger partial charge on any atom is -0.368 e. The highest BCUT2D eigenvalue weighted by Crippen LogP contribution is 2.32. The lowest BCUT2D eigenvalue weighted by atomic mass is 10.1. The van der Waals surface area contributed by atoms with Crippen LogP contribution in [0.2, 0.25) is 0 Å². The molecule has 1 aromatic carbocycles. The molecule has 6 nitrogen and oxygen atoms in total. The SMILES string of the molecule is Cc1cc(-c2nc3cc(C=O)ccn3c2-c2ccnc(N)n2)ccc1F. The van der Waals surface area contributed by atoms with Gasteiger partial charge in [-0.1, -0.05) is 0 Å². The van der Waals surface area contributed by atoms with Gasteiger partial charge in [0.2, 0.25) is 5.95 Å². The summed E-state index contributed by atoms with van der Waals surface area (Å²) in [6.07, 6.45) is 4.08. The second kappa shape index (κ2) is 6.03. The van der Waals surface area contributed by atoms with E-state index in [1.54, 1.807) is 49.6 Å². The average molecular weight is 347 g/mol. The van der Waals surface area contributed by atoms with Crippen LogP contribution < -0.4 is 5.73 Å². The van der Waals surface area contributed by atoms with Crippen LogP contribution >= 0.6 is 0 Å². The van der Waals surface area contributed by atoms with Crippen LogP contribution in [0.1, 0.15) is 15.9 Å². The summed E-state index contributed by atoms with van der Waals surface area (Å²) in [5.74, 6) is -0.142. The monoisotopic (exact) mass is 347 g/mol. The second-order valence-electron chi connectivity index (χ2n) is 5.88. The molecular formula is C19H14FN5O. The van der Waals surface area contributed by atoms with Gasteiger partial charge in [0, 0.05) is 23.5 Å². The number of anilines is 1. The number of aldehydes is 1. The number of rotatable bonds is 3. The van der Waals surface area contributed by atoms with E-state index < -0.39 is 0 Å². The molecule has 26 heavy (non-hydrogen) atoms. The summed E-state index contributed by atoms with van der Waals surface area (Å²) < 4.78 is 15.5. The molecule has 0 aliphatic heterocycles. The fraction of sp³-hybridized carbons (Fsp3) is 0.0526. The van der Waals surface area contributed by atoms with Crippen LogP contribution in [0, 0.1) is 12.7 Å². The van der Waals surface area contributed by atoms with E-state index in [9.17, 15) is 9.18 Å². The van der Waals surface area contributed by atoms with Gasteiger partial charge in [-0.05, 0) is 48.9 Å². The first-order valence-corrected chi connectivity index (χ1v) is 7.89. The highest BCUT2D eigenvalue weighted by atomic mass is 19.1. The van der Waals surface area contributed by atoms with Crippen molar-refractivity contribution in [1.29, 1.82) is 0 Å². The summed E-state index contributed by atoms with van der Waals surface area (Å²) in [4.78, 5) is 24.0. The molecule has 0 unspecified atom stereocenters. The number of imidazole rings is 1. The van der Waals surface area contributed by atoms with Crippen LogP contribution in [-0.4, -0.2) is 25.6 Å². The van der Waals surface area contributed by atoms with E-state index in [-0.39, 0.29) is 11.8 Å². The predicted molar refractivity (Wildman–Crippen MR) is 96.1 cm³/mol. The molecule has 0 atom stereocenters. The van der Waals surface area contributed by atoms with Crippen LogP contribution in [0.3, 0.4) is 0 Å². The Morgan fingerprint density at radius 2 is 2.00 bits per heavy atom. The predicted octanol–water partition coefficient (Wildman–Crippen LogP) is 3.30. The third kappa shape index (κ3) is 2.59. The van der Waals surface area contributed by atoms with E-state index in [4.69, 9.17) is 5.73 Å². The molecule has 3 heterocycles. The Morgan fingerprint density at radius 3 is 2.73 bits per heavy atom. The fourth-order valence-corrected chi connectivity index (χ4v) is 2.88. The van der Waals surface area contributed by atoms with E-state index >= 15 is 0 Å². The molecule has 0 bridgehead atoms. The van der Waals surface area contributed by atoms with E-state index in [1.165, 1.54) is 6.07 Å². The molecule has 0 saturated heterocycles. The zero-order valence-electron chi connectivity index (χ0n) is 13.8. The lowest BCUT2D eigenvalue weighted by Crippen LogP contribution is -1.98. The number of hydrogen-bond donors (Lipinski definition) is 1. The van der Waals surface area contributed by atoms with E-state index in [1.807, 2.05) is 4.40 Å². The zero-order chi connectivity index (χ0) is 18.3. The Balaban J connectivity index is 2.05. The fourth-order valence-electron chi connectivity index (χ4n) is 2.88. The molecule has 3 aromatic heterocycles. The van der Waals surface area contributed by atoms with E-state index in [0.29, 0.717) is 33.9 Å². The van der Waals surface area contributed by atoms with Crippen LogP contribution in [0.4, 0.5) is 10.3 Å². The number of fused-ring (bicyclic) bond motifs is 1. The molecule has 128 valence electrons. The topological polar surface area (TPSA) is 86.2 Å². The number of carbonyl (C=O) groups excluding carboxylic acids is 1. The van der Waals surface area contributed by atoms with Gasteiger partial charge in [-0.15, -0.1) is 0 Å². The van der Waals surface area contributed by atoms with Crippen molar-refractivity contribution >= 4 is 17.9 Å². The van der Waals surface area contributed by atoms with Gasteiger partial charge in [-0.2, -0.15) is 0 Å². The molecule has 0 aliphatic carbocycles. The maximum absolute atomic E-state index is 13.7. The lowest BCUT2D eigenvalue weighted by Gasteiger charge is -2.06. The lowest BCUT2D eigenvalue weighted by molar-refractivity contribution is 0.112. The highest BCUT2D eigenvalue weighted by Gasteiger charge is 2.18. The molecular weight excluding hydrogens is 333 g/mol. The number of halogens is 1. The van der Waals surface area contributed by atoms with Crippen molar-refractivity contribution in [3.63, 3.8) is 0 Å². The Labute approximate surface area is 148 Å². The number of nitrogen functional groups attached to an aromatic ring is 1. The van der Waals surface area contributed by atoms with Crippen LogP contribution in [-0.2, 0) is 0 Å². The molecule has 0 spiro atoms. The maximum atomic E-state index is 13.7. The summed E-state index contributed by atoms with van der Waals surface area (Å²) in [5, 5.41) is 0. The Morgan fingerprint density at radius 1 is 1.15 bits per heavy atom. The average Bonchev–Trinajstić information content (AvgIpc) is 3.02. The molecule has 4 aromatic rings. The molecule has 0 aliphatic rings. The molecule has 0 saturated carbocycles. The molecule has 0 radical (unpaired) electrons. The van der Waals surface area contributed by atoms with E-state index in [0.717, 1.165) is 11.8 Å². The molecule has 7 heteroatoms. The van der Waals surface area contributed by atoms with Gasteiger partial charge in [0.1, 0.15) is 17.8 Å². The van der Waals surface area contributed by atoms with Crippen molar-refractivity contribution in [2.24, 2.45) is 0 Å². The second-order valence-corrected chi connectivity index (χ2v) is 5.88. The molecule has 0 amide bonds. The Hall–Kier alpha value is -3.61.